The second-order valence-electron chi connectivity index (χ2n) is 6.46. The molecule has 25 heavy (non-hydrogen) atoms. The molecule has 2 unspecified atom stereocenters. The summed E-state index contributed by atoms with van der Waals surface area (Å²) in [6.07, 6.45) is -0.204. The summed E-state index contributed by atoms with van der Waals surface area (Å²) in [7, 11) is 0. The van der Waals surface area contributed by atoms with Crippen molar-refractivity contribution < 1.29 is 4.74 Å². The Morgan fingerprint density at radius 3 is 2.32 bits per heavy atom. The van der Waals surface area contributed by atoms with Crippen LogP contribution in [0.3, 0.4) is 0 Å². The zero-order valence-corrected chi connectivity index (χ0v) is 13.8. The lowest BCUT2D eigenvalue weighted by Crippen LogP contribution is -2.15. The van der Waals surface area contributed by atoms with Crippen LogP contribution < -0.4 is 0 Å². The number of aryl methyl sites for hydroxylation is 1. The molecule has 1 aliphatic heterocycles. The van der Waals surface area contributed by atoms with Gasteiger partial charge in [0.1, 0.15) is 5.52 Å². The van der Waals surface area contributed by atoms with E-state index in [0.29, 0.717) is 0 Å². The lowest BCUT2D eigenvalue weighted by Gasteiger charge is -2.14. The highest BCUT2D eigenvalue weighted by Gasteiger charge is 2.61. The van der Waals surface area contributed by atoms with Crippen LogP contribution in [0.25, 0.3) is 11.0 Å². The van der Waals surface area contributed by atoms with E-state index in [4.69, 9.17) is 4.74 Å². The van der Waals surface area contributed by atoms with Crippen LogP contribution in [-0.4, -0.2) is 15.0 Å². The summed E-state index contributed by atoms with van der Waals surface area (Å²) >= 11 is 0. The van der Waals surface area contributed by atoms with Gasteiger partial charge >= 0.3 is 0 Å². The van der Waals surface area contributed by atoms with Crippen LogP contribution in [0.5, 0.6) is 0 Å². The molecule has 0 N–H and O–H groups in total. The third-order valence-electron chi connectivity index (χ3n) is 4.87. The van der Waals surface area contributed by atoms with Gasteiger partial charge in [0.2, 0.25) is 0 Å². The molecule has 0 aliphatic carbocycles. The van der Waals surface area contributed by atoms with Crippen LogP contribution in [-0.2, 0) is 10.3 Å². The maximum absolute atomic E-state index is 6.33. The predicted molar refractivity (Wildman–Crippen MR) is 96.1 cm³/mol. The molecule has 1 aromatic heterocycles. The van der Waals surface area contributed by atoms with E-state index >= 15 is 0 Å². The smallest absolute Gasteiger partial charge is 0.191 e. The monoisotopic (exact) mass is 327 g/mol. The maximum atomic E-state index is 6.33. The quantitative estimate of drug-likeness (QED) is 0.529. The molecule has 0 radical (unpaired) electrons. The largest absolute Gasteiger partial charge is 0.332 e. The molecule has 1 aliphatic rings. The van der Waals surface area contributed by atoms with Crippen molar-refractivity contribution in [2.75, 3.05) is 0 Å². The Hall–Kier alpha value is -2.98. The van der Waals surface area contributed by atoms with Gasteiger partial charge in [-0.05, 0) is 30.2 Å². The highest BCUT2D eigenvalue weighted by Crippen LogP contribution is 2.58. The number of nitrogens with zero attached hydrogens (tertiary/aromatic N) is 3. The van der Waals surface area contributed by atoms with Gasteiger partial charge in [-0.3, -0.25) is 0 Å². The number of rotatable bonds is 3. The molecule has 2 atom stereocenters. The van der Waals surface area contributed by atoms with Gasteiger partial charge in [-0.25, -0.2) is 4.68 Å². The molecule has 4 heteroatoms. The fraction of sp³-hybridized carbons (Fsp3) is 0.143. The highest BCUT2D eigenvalue weighted by molar-refractivity contribution is 5.74. The molecule has 0 saturated carbocycles. The van der Waals surface area contributed by atoms with Crippen LogP contribution in [0, 0.1) is 6.92 Å². The van der Waals surface area contributed by atoms with Crippen molar-refractivity contribution in [2.45, 2.75) is 18.8 Å². The average Bonchev–Trinajstić information content (AvgIpc) is 3.27. The van der Waals surface area contributed by atoms with Crippen LogP contribution in [0.1, 0.15) is 22.9 Å². The Morgan fingerprint density at radius 2 is 1.52 bits per heavy atom. The van der Waals surface area contributed by atoms with Gasteiger partial charge in [0, 0.05) is 0 Å². The van der Waals surface area contributed by atoms with Crippen molar-refractivity contribution in [3.63, 3.8) is 0 Å². The summed E-state index contributed by atoms with van der Waals surface area (Å²) in [5, 5.41) is 8.64. The van der Waals surface area contributed by atoms with Gasteiger partial charge in [0.15, 0.2) is 11.8 Å². The molecule has 4 aromatic rings. The molecule has 0 amide bonds. The van der Waals surface area contributed by atoms with E-state index in [0.717, 1.165) is 22.2 Å². The number of hydrogen-bond acceptors (Lipinski definition) is 3. The first-order valence-electron chi connectivity index (χ1n) is 8.39. The van der Waals surface area contributed by atoms with E-state index in [2.05, 4.69) is 53.6 Å². The first-order valence-corrected chi connectivity index (χ1v) is 8.39. The van der Waals surface area contributed by atoms with Crippen molar-refractivity contribution >= 4 is 11.0 Å². The molecule has 4 nitrogen and oxygen atoms in total. The fourth-order valence-corrected chi connectivity index (χ4v) is 3.50. The zero-order valence-electron chi connectivity index (χ0n) is 13.8. The molecule has 3 aromatic carbocycles. The predicted octanol–water partition coefficient (Wildman–Crippen LogP) is 4.21. The Bertz CT molecular complexity index is 1040. The van der Waals surface area contributed by atoms with Crippen LogP contribution in [0.4, 0.5) is 0 Å². The van der Waals surface area contributed by atoms with E-state index in [1.54, 1.807) is 0 Å². The standard InChI is InChI=1S/C21H17N3O/c1-15-11-13-17(14-12-15)21(16-7-3-2-4-8-16)20(25-21)24-19-10-6-5-9-18(19)22-23-24/h2-14,20H,1H3. The van der Waals surface area contributed by atoms with Crippen LogP contribution >= 0.6 is 0 Å². The number of epoxide rings is 1. The van der Waals surface area contributed by atoms with Crippen molar-refractivity contribution in [1.29, 1.82) is 0 Å². The van der Waals surface area contributed by atoms with Gasteiger partial charge in [-0.2, -0.15) is 0 Å². The maximum Gasteiger partial charge on any atom is 0.191 e. The van der Waals surface area contributed by atoms with Crippen molar-refractivity contribution in [3.05, 3.63) is 95.6 Å². The third kappa shape index (κ3) is 2.11. The van der Waals surface area contributed by atoms with Gasteiger partial charge in [-0.1, -0.05) is 77.5 Å². The molecule has 5 rings (SSSR count). The topological polar surface area (TPSA) is 43.2 Å². The van der Waals surface area contributed by atoms with Crippen LogP contribution in [0.15, 0.2) is 78.9 Å². The zero-order chi connectivity index (χ0) is 16.9. The van der Waals surface area contributed by atoms with E-state index in [-0.39, 0.29) is 6.23 Å². The molecule has 0 spiro atoms. The van der Waals surface area contributed by atoms with E-state index in [1.165, 1.54) is 5.56 Å². The Kier molecular flexibility index (Phi) is 3.02. The third-order valence-corrected chi connectivity index (χ3v) is 4.87. The molecule has 0 bridgehead atoms. The van der Waals surface area contributed by atoms with Crippen molar-refractivity contribution in [3.8, 4) is 0 Å². The number of para-hydroxylation sites is 1. The number of aromatic nitrogens is 3. The Morgan fingerprint density at radius 1 is 0.840 bits per heavy atom. The first-order chi connectivity index (χ1) is 12.3. The van der Waals surface area contributed by atoms with Gasteiger partial charge < -0.3 is 4.74 Å². The summed E-state index contributed by atoms with van der Waals surface area (Å²) in [4.78, 5) is 0. The summed E-state index contributed by atoms with van der Waals surface area (Å²) in [6, 6.07) is 26.8. The van der Waals surface area contributed by atoms with Gasteiger partial charge in [0.25, 0.3) is 0 Å². The molecule has 1 saturated heterocycles. The molecular weight excluding hydrogens is 310 g/mol. The molecule has 122 valence electrons. The fourth-order valence-electron chi connectivity index (χ4n) is 3.50. The van der Waals surface area contributed by atoms with Crippen molar-refractivity contribution in [2.24, 2.45) is 0 Å². The van der Waals surface area contributed by atoms with Gasteiger partial charge in [0.05, 0.1) is 5.52 Å². The first kappa shape index (κ1) is 14.4. The Labute approximate surface area is 145 Å². The highest BCUT2D eigenvalue weighted by atomic mass is 16.6. The summed E-state index contributed by atoms with van der Waals surface area (Å²) in [6.45, 7) is 2.09. The minimum Gasteiger partial charge on any atom is -0.332 e. The van der Waals surface area contributed by atoms with E-state index in [9.17, 15) is 0 Å². The average molecular weight is 327 g/mol. The second-order valence-corrected chi connectivity index (χ2v) is 6.46. The minimum atomic E-state index is -0.522. The van der Waals surface area contributed by atoms with E-state index < -0.39 is 5.60 Å². The van der Waals surface area contributed by atoms with Gasteiger partial charge in [-0.15, -0.1) is 5.10 Å². The van der Waals surface area contributed by atoms with E-state index in [1.807, 2.05) is 47.1 Å². The van der Waals surface area contributed by atoms with Crippen molar-refractivity contribution in [1.82, 2.24) is 15.0 Å². The summed E-state index contributed by atoms with van der Waals surface area (Å²) < 4.78 is 8.22. The number of fused-ring (bicyclic) bond motifs is 1. The summed E-state index contributed by atoms with van der Waals surface area (Å²) in [5.41, 5.74) is 4.83. The van der Waals surface area contributed by atoms with Crippen LogP contribution in [0.2, 0.25) is 0 Å². The lowest BCUT2D eigenvalue weighted by molar-refractivity contribution is 0.296. The number of ether oxygens (including phenoxy) is 1. The SMILES string of the molecule is Cc1ccc(C2(c3ccccc3)OC2n2nnc3ccccc32)cc1. The molecule has 1 fully saturated rings. The second kappa shape index (κ2) is 5.26. The minimum absolute atomic E-state index is 0.204. The molecule has 2 heterocycles. The summed E-state index contributed by atoms with van der Waals surface area (Å²) in [5.74, 6) is 0. The molecular formula is C21H17N3O. The number of benzene rings is 3. The Balaban J connectivity index is 1.67. The normalized spacial score (nSPS) is 22.2. The lowest BCUT2D eigenvalue weighted by atomic mass is 9.89. The number of hydrogen-bond donors (Lipinski definition) is 0.